The van der Waals surface area contributed by atoms with Crippen LogP contribution in [-0.4, -0.2) is 19.4 Å². The van der Waals surface area contributed by atoms with Gasteiger partial charge in [0, 0.05) is 5.92 Å². The van der Waals surface area contributed by atoms with Crippen LogP contribution < -0.4 is 0 Å². The van der Waals surface area contributed by atoms with E-state index in [2.05, 4.69) is 4.74 Å². The first-order valence-electron chi connectivity index (χ1n) is 3.19. The Morgan fingerprint density at radius 3 is 2.00 bits per heavy atom. The normalized spacial score (nSPS) is 14.6. The second kappa shape index (κ2) is 4.97. The highest BCUT2D eigenvalue weighted by molar-refractivity contribution is 5.80. The Bertz CT molecular complexity index is 116. The van der Waals surface area contributed by atoms with Gasteiger partial charge in [0.15, 0.2) is 0 Å². The van der Waals surface area contributed by atoms with Gasteiger partial charge in [-0.2, -0.15) is 0 Å². The summed E-state index contributed by atoms with van der Waals surface area (Å²) in [5.41, 5.74) is 0. The topological polar surface area (TPSA) is 43.4 Å². The molecule has 0 heterocycles. The van der Waals surface area contributed by atoms with E-state index in [0.29, 0.717) is 18.2 Å². The lowest BCUT2D eigenvalue weighted by atomic mass is 10.3. The smallest absolute Gasteiger partial charge is 0.292 e. The molecule has 0 radical (unpaired) electrons. The number of ether oxygens (including phenoxy) is 1. The molecule has 1 aliphatic carbocycles. The summed E-state index contributed by atoms with van der Waals surface area (Å²) in [6, 6.07) is 0. The lowest BCUT2D eigenvalue weighted by molar-refractivity contribution is -0.126. The Kier molecular flexibility index (Phi) is 4.54. The fourth-order valence-electron chi connectivity index (χ4n) is 0.490. The van der Waals surface area contributed by atoms with Crippen LogP contribution in [0.3, 0.4) is 0 Å². The molecule has 10 heavy (non-hydrogen) atoms. The van der Waals surface area contributed by atoms with E-state index in [4.69, 9.17) is 4.79 Å². The molecule has 1 fully saturated rings. The maximum Gasteiger partial charge on any atom is 0.292 e. The summed E-state index contributed by atoms with van der Waals surface area (Å²) < 4.78 is 3.86. The quantitative estimate of drug-likeness (QED) is 0.538. The van der Waals surface area contributed by atoms with Crippen molar-refractivity contribution >= 4 is 12.3 Å². The molecular formula is C7H12O3. The van der Waals surface area contributed by atoms with Crippen molar-refractivity contribution in [2.75, 3.05) is 7.11 Å². The lowest BCUT2D eigenvalue weighted by Gasteiger charge is -1.75. The minimum atomic E-state index is 0.370. The maximum atomic E-state index is 10.2. The Morgan fingerprint density at radius 1 is 1.60 bits per heavy atom. The number of carbonyl (C=O) groups is 2. The van der Waals surface area contributed by atoms with Crippen LogP contribution >= 0.6 is 0 Å². The molecule has 0 bridgehead atoms. The zero-order valence-corrected chi connectivity index (χ0v) is 6.29. The van der Waals surface area contributed by atoms with Gasteiger partial charge in [0.25, 0.3) is 6.47 Å². The number of methoxy groups -OCH3 is 1. The molecule has 0 spiro atoms. The van der Waals surface area contributed by atoms with Crippen molar-refractivity contribution in [3.63, 3.8) is 0 Å². The van der Waals surface area contributed by atoms with Crippen molar-refractivity contribution in [2.24, 2.45) is 5.92 Å². The number of rotatable bonds is 2. The van der Waals surface area contributed by atoms with Gasteiger partial charge in [0.1, 0.15) is 5.78 Å². The number of carbonyl (C=O) groups excluding carboxylic acids is 2. The molecule has 0 N–H and O–H groups in total. The van der Waals surface area contributed by atoms with Gasteiger partial charge in [0.05, 0.1) is 7.11 Å². The van der Waals surface area contributed by atoms with E-state index in [-0.39, 0.29) is 0 Å². The number of Topliss-reactive ketones (excluding diaryl/α,β-unsaturated/α-hetero) is 1. The Labute approximate surface area is 60.4 Å². The summed E-state index contributed by atoms with van der Waals surface area (Å²) in [4.78, 5) is 19.2. The molecule has 1 aliphatic rings. The molecule has 0 aromatic carbocycles. The van der Waals surface area contributed by atoms with Crippen LogP contribution in [0.25, 0.3) is 0 Å². The monoisotopic (exact) mass is 144 g/mol. The van der Waals surface area contributed by atoms with Gasteiger partial charge in [0.2, 0.25) is 0 Å². The third kappa shape index (κ3) is 5.28. The fraction of sp³-hybridized carbons (Fsp3) is 0.714. The van der Waals surface area contributed by atoms with Crippen molar-refractivity contribution in [1.82, 2.24) is 0 Å². The molecule has 3 nitrogen and oxygen atoms in total. The van der Waals surface area contributed by atoms with E-state index < -0.39 is 0 Å². The molecule has 0 saturated heterocycles. The van der Waals surface area contributed by atoms with Crippen LogP contribution in [0.2, 0.25) is 0 Å². The van der Waals surface area contributed by atoms with Gasteiger partial charge < -0.3 is 4.74 Å². The van der Waals surface area contributed by atoms with E-state index in [9.17, 15) is 4.79 Å². The van der Waals surface area contributed by atoms with Gasteiger partial charge in [-0.25, -0.2) is 0 Å². The predicted octanol–water partition coefficient (Wildman–Crippen LogP) is 0.775. The summed E-state index contributed by atoms with van der Waals surface area (Å²) in [7, 11) is 1.31. The lowest BCUT2D eigenvalue weighted by Crippen LogP contribution is -1.88. The first kappa shape index (κ1) is 9.14. The van der Waals surface area contributed by atoms with Crippen molar-refractivity contribution < 1.29 is 14.3 Å². The maximum absolute atomic E-state index is 10.2. The number of hydrogen-bond donors (Lipinski definition) is 0. The minimum absolute atomic E-state index is 0.370. The highest BCUT2D eigenvalue weighted by Gasteiger charge is 2.25. The molecule has 0 amide bonds. The van der Waals surface area contributed by atoms with E-state index in [1.807, 2.05) is 0 Å². The molecule has 0 aromatic heterocycles. The highest BCUT2D eigenvalue weighted by atomic mass is 16.5. The molecule has 1 saturated carbocycles. The van der Waals surface area contributed by atoms with Crippen LogP contribution in [-0.2, 0) is 14.3 Å². The Hall–Kier alpha value is -0.860. The summed E-state index contributed by atoms with van der Waals surface area (Å²) in [5.74, 6) is 0.833. The number of hydrogen-bond acceptors (Lipinski definition) is 3. The zero-order chi connectivity index (χ0) is 7.98. The second-order valence-corrected chi connectivity index (χ2v) is 2.22. The van der Waals surface area contributed by atoms with Gasteiger partial charge in [-0.1, -0.05) is 0 Å². The van der Waals surface area contributed by atoms with Gasteiger partial charge in [-0.15, -0.1) is 0 Å². The van der Waals surface area contributed by atoms with Crippen molar-refractivity contribution in [3.05, 3.63) is 0 Å². The van der Waals surface area contributed by atoms with Gasteiger partial charge in [-0.3, -0.25) is 9.59 Å². The van der Waals surface area contributed by atoms with Gasteiger partial charge >= 0.3 is 0 Å². The minimum Gasteiger partial charge on any atom is -0.471 e. The van der Waals surface area contributed by atoms with Crippen LogP contribution in [0.1, 0.15) is 19.8 Å². The molecule has 3 heteroatoms. The summed E-state index contributed by atoms with van der Waals surface area (Å²) >= 11 is 0. The standard InChI is InChI=1S/C5H8O.C2H4O2/c1-4(6)5-2-3-5;1-4-2-3/h5H,2-3H2,1H3;2H,1H3. The van der Waals surface area contributed by atoms with Crippen LogP contribution in [0.15, 0.2) is 0 Å². The first-order chi connectivity index (χ1) is 4.72. The molecule has 0 atom stereocenters. The average Bonchev–Trinajstić information content (AvgIpc) is 2.69. The number of ketones is 1. The summed E-state index contributed by atoms with van der Waals surface area (Å²) in [6.07, 6.45) is 2.30. The molecule has 1 rings (SSSR count). The average molecular weight is 144 g/mol. The highest BCUT2D eigenvalue weighted by Crippen LogP contribution is 2.29. The predicted molar refractivity (Wildman–Crippen MR) is 36.5 cm³/mol. The van der Waals surface area contributed by atoms with E-state index >= 15 is 0 Å². The third-order valence-corrected chi connectivity index (χ3v) is 1.25. The molecule has 58 valence electrons. The largest absolute Gasteiger partial charge is 0.471 e. The van der Waals surface area contributed by atoms with Crippen molar-refractivity contribution in [1.29, 1.82) is 0 Å². The third-order valence-electron chi connectivity index (χ3n) is 1.25. The Morgan fingerprint density at radius 2 is 2.00 bits per heavy atom. The van der Waals surface area contributed by atoms with E-state index in [1.54, 1.807) is 6.92 Å². The molecular weight excluding hydrogens is 132 g/mol. The van der Waals surface area contributed by atoms with E-state index in [0.717, 1.165) is 12.8 Å². The Balaban J connectivity index is 0.000000180. The first-order valence-corrected chi connectivity index (χ1v) is 3.19. The van der Waals surface area contributed by atoms with E-state index in [1.165, 1.54) is 7.11 Å². The SMILES string of the molecule is CC(=O)C1CC1.COC=O. The summed E-state index contributed by atoms with van der Waals surface area (Å²) in [5, 5.41) is 0. The van der Waals surface area contributed by atoms with Crippen molar-refractivity contribution in [2.45, 2.75) is 19.8 Å². The van der Waals surface area contributed by atoms with Crippen molar-refractivity contribution in [3.8, 4) is 0 Å². The zero-order valence-electron chi connectivity index (χ0n) is 6.29. The summed E-state index contributed by atoms with van der Waals surface area (Å²) in [6.45, 7) is 2.04. The van der Waals surface area contributed by atoms with Crippen LogP contribution in [0.5, 0.6) is 0 Å². The second-order valence-electron chi connectivity index (χ2n) is 2.22. The van der Waals surface area contributed by atoms with Crippen LogP contribution in [0.4, 0.5) is 0 Å². The van der Waals surface area contributed by atoms with Crippen LogP contribution in [0, 0.1) is 5.92 Å². The fourth-order valence-corrected chi connectivity index (χ4v) is 0.490. The van der Waals surface area contributed by atoms with Gasteiger partial charge in [-0.05, 0) is 19.8 Å². The molecule has 0 aromatic rings. The molecule has 0 aliphatic heterocycles. The molecule has 0 unspecified atom stereocenters.